The van der Waals surface area contributed by atoms with Crippen LogP contribution in [0.4, 0.5) is 0 Å². The molecule has 0 amide bonds. The number of hydrogen-bond acceptors (Lipinski definition) is 1. The van der Waals surface area contributed by atoms with Crippen molar-refractivity contribution in [2.75, 3.05) is 0 Å². The van der Waals surface area contributed by atoms with Crippen LogP contribution in [-0.2, 0) is 10.5 Å². The lowest BCUT2D eigenvalue weighted by Crippen LogP contribution is -2.05. The molecule has 0 saturated heterocycles. The Bertz CT molecular complexity index is 246. The second kappa shape index (κ2) is 5.37. The van der Waals surface area contributed by atoms with Gasteiger partial charge in [-0.15, -0.1) is 0 Å². The summed E-state index contributed by atoms with van der Waals surface area (Å²) < 4.78 is 5.38. The first kappa shape index (κ1) is 10.7. The fraction of sp³-hybridized carbons (Fsp3) is 0.400. The van der Waals surface area contributed by atoms with E-state index in [4.69, 9.17) is 4.12 Å². The fourth-order valence-corrected chi connectivity index (χ4v) is 4.20. The molecule has 1 atom stereocenters. The van der Waals surface area contributed by atoms with Crippen LogP contribution in [0.3, 0.4) is 0 Å². The first-order chi connectivity index (χ1) is 6.22. The third-order valence-electron chi connectivity index (χ3n) is 2.16. The van der Waals surface area contributed by atoms with Gasteiger partial charge in [-0.05, 0) is 24.4 Å². The van der Waals surface area contributed by atoms with Crippen molar-refractivity contribution < 1.29 is 4.12 Å². The van der Waals surface area contributed by atoms with Crippen molar-refractivity contribution >= 4 is 20.2 Å². The SMILES string of the molecule is Cc1ccc(CC(C)[SiH2]O[SiH3])cc1. The maximum absolute atomic E-state index is 5.38. The van der Waals surface area contributed by atoms with Gasteiger partial charge in [0.15, 0.2) is 0 Å². The van der Waals surface area contributed by atoms with Crippen LogP contribution in [0.5, 0.6) is 0 Å². The Morgan fingerprint density at radius 2 is 2.00 bits per heavy atom. The van der Waals surface area contributed by atoms with E-state index in [0.717, 1.165) is 16.0 Å². The van der Waals surface area contributed by atoms with Crippen molar-refractivity contribution in [3.8, 4) is 0 Å². The molecule has 0 aliphatic rings. The van der Waals surface area contributed by atoms with Crippen LogP contribution >= 0.6 is 0 Å². The lowest BCUT2D eigenvalue weighted by molar-refractivity contribution is 0.634. The van der Waals surface area contributed by atoms with Crippen LogP contribution < -0.4 is 0 Å². The minimum atomic E-state index is -0.246. The van der Waals surface area contributed by atoms with Crippen molar-refractivity contribution in [3.63, 3.8) is 0 Å². The Kier molecular flexibility index (Phi) is 4.41. The standard InChI is InChI=1S/C10H18OSi2/c1-8-3-5-10(6-4-8)7-9(2)13-11-12/h3-6,9H,7,13H2,1-2,12H3. The lowest BCUT2D eigenvalue weighted by atomic mass is 10.1. The van der Waals surface area contributed by atoms with Crippen LogP contribution in [-0.4, -0.2) is 20.2 Å². The molecule has 0 aliphatic carbocycles. The summed E-state index contributed by atoms with van der Waals surface area (Å²) in [6.45, 7) is 4.42. The summed E-state index contributed by atoms with van der Waals surface area (Å²) >= 11 is 0. The molecule has 1 nitrogen and oxygen atoms in total. The van der Waals surface area contributed by atoms with E-state index < -0.39 is 0 Å². The molecule has 0 bridgehead atoms. The molecular formula is C10H18OSi2. The number of hydrogen-bond donors (Lipinski definition) is 0. The maximum atomic E-state index is 5.38. The second-order valence-electron chi connectivity index (χ2n) is 3.75. The highest BCUT2D eigenvalue weighted by Gasteiger charge is 2.02. The summed E-state index contributed by atoms with van der Waals surface area (Å²) in [4.78, 5) is 0. The smallest absolute Gasteiger partial charge is 0.148 e. The van der Waals surface area contributed by atoms with Gasteiger partial charge in [0, 0.05) is 0 Å². The molecule has 0 aromatic heterocycles. The van der Waals surface area contributed by atoms with Crippen molar-refractivity contribution in [1.82, 2.24) is 0 Å². The van der Waals surface area contributed by atoms with Gasteiger partial charge >= 0.3 is 0 Å². The third-order valence-corrected chi connectivity index (χ3v) is 4.35. The largest absolute Gasteiger partial charge is 0.468 e. The zero-order valence-electron chi connectivity index (χ0n) is 8.71. The van der Waals surface area contributed by atoms with Gasteiger partial charge in [-0.3, -0.25) is 0 Å². The molecule has 0 heterocycles. The topological polar surface area (TPSA) is 9.23 Å². The maximum Gasteiger partial charge on any atom is 0.148 e. The molecule has 0 radical (unpaired) electrons. The van der Waals surface area contributed by atoms with Gasteiger partial charge in [-0.1, -0.05) is 36.8 Å². The third kappa shape index (κ3) is 3.89. The number of rotatable bonds is 4. The molecule has 1 aromatic rings. The molecule has 72 valence electrons. The molecule has 1 aromatic carbocycles. The van der Waals surface area contributed by atoms with E-state index in [1.165, 1.54) is 17.5 Å². The Balaban J connectivity index is 2.49. The van der Waals surface area contributed by atoms with E-state index in [9.17, 15) is 0 Å². The monoisotopic (exact) mass is 210 g/mol. The molecule has 0 N–H and O–H groups in total. The number of benzene rings is 1. The normalized spacial score (nSPS) is 14.0. The van der Waals surface area contributed by atoms with E-state index in [1.54, 1.807) is 0 Å². The minimum absolute atomic E-state index is 0.246. The van der Waals surface area contributed by atoms with Gasteiger partial charge in [0.25, 0.3) is 0 Å². The quantitative estimate of drug-likeness (QED) is 0.666. The van der Waals surface area contributed by atoms with Gasteiger partial charge in [0.1, 0.15) is 20.2 Å². The average Bonchev–Trinajstić information content (AvgIpc) is 2.09. The summed E-state index contributed by atoms with van der Waals surface area (Å²) in [5, 5.41) is 0. The van der Waals surface area contributed by atoms with Crippen molar-refractivity contribution in [1.29, 1.82) is 0 Å². The van der Waals surface area contributed by atoms with E-state index in [1.807, 2.05) is 0 Å². The summed E-state index contributed by atoms with van der Waals surface area (Å²) in [6, 6.07) is 8.83. The van der Waals surface area contributed by atoms with Crippen LogP contribution in [0, 0.1) is 6.92 Å². The van der Waals surface area contributed by atoms with Crippen LogP contribution in [0.1, 0.15) is 18.1 Å². The van der Waals surface area contributed by atoms with Crippen molar-refractivity contribution in [2.24, 2.45) is 0 Å². The predicted molar refractivity (Wildman–Crippen MR) is 63.9 cm³/mol. The highest BCUT2D eigenvalue weighted by molar-refractivity contribution is 6.36. The van der Waals surface area contributed by atoms with E-state index in [-0.39, 0.29) is 9.76 Å². The minimum Gasteiger partial charge on any atom is -0.468 e. The molecule has 1 unspecified atom stereocenters. The Morgan fingerprint density at radius 3 is 2.54 bits per heavy atom. The highest BCUT2D eigenvalue weighted by atomic mass is 28.3. The molecule has 0 spiro atoms. The first-order valence-electron chi connectivity index (χ1n) is 4.77. The van der Waals surface area contributed by atoms with Crippen LogP contribution in [0.2, 0.25) is 5.54 Å². The van der Waals surface area contributed by atoms with Gasteiger partial charge in [-0.2, -0.15) is 0 Å². The number of aryl methyl sites for hydroxylation is 1. The van der Waals surface area contributed by atoms with E-state index in [0.29, 0.717) is 0 Å². The molecule has 0 saturated carbocycles. The second-order valence-corrected chi connectivity index (χ2v) is 7.79. The molecule has 13 heavy (non-hydrogen) atoms. The molecule has 0 aliphatic heterocycles. The summed E-state index contributed by atoms with van der Waals surface area (Å²) in [5.41, 5.74) is 3.57. The van der Waals surface area contributed by atoms with Gasteiger partial charge in [0.05, 0.1) is 0 Å². The molecule has 1 rings (SSSR count). The van der Waals surface area contributed by atoms with Gasteiger partial charge < -0.3 is 4.12 Å². The molecular weight excluding hydrogens is 192 g/mol. The van der Waals surface area contributed by atoms with E-state index >= 15 is 0 Å². The Morgan fingerprint density at radius 1 is 1.38 bits per heavy atom. The lowest BCUT2D eigenvalue weighted by Gasteiger charge is -2.09. The first-order valence-corrected chi connectivity index (χ1v) is 6.98. The summed E-state index contributed by atoms with van der Waals surface area (Å²) in [6.07, 6.45) is 1.19. The Hall–Kier alpha value is -0.386. The Labute approximate surface area is 86.0 Å². The summed E-state index contributed by atoms with van der Waals surface area (Å²) in [5.74, 6) is 0. The zero-order valence-corrected chi connectivity index (χ0v) is 12.1. The molecule has 3 heteroatoms. The average molecular weight is 210 g/mol. The van der Waals surface area contributed by atoms with E-state index in [2.05, 4.69) is 38.1 Å². The van der Waals surface area contributed by atoms with Crippen molar-refractivity contribution in [3.05, 3.63) is 35.4 Å². The molecule has 0 fully saturated rings. The summed E-state index contributed by atoms with van der Waals surface area (Å²) in [7, 11) is 0.668. The van der Waals surface area contributed by atoms with Gasteiger partial charge in [-0.25, -0.2) is 0 Å². The predicted octanol–water partition coefficient (Wildman–Crippen LogP) is 0.727. The van der Waals surface area contributed by atoms with Gasteiger partial charge in [0.2, 0.25) is 0 Å². The highest BCUT2D eigenvalue weighted by Crippen LogP contribution is 2.12. The van der Waals surface area contributed by atoms with Crippen LogP contribution in [0.25, 0.3) is 0 Å². The fourth-order valence-electron chi connectivity index (χ4n) is 1.47. The zero-order chi connectivity index (χ0) is 9.68. The van der Waals surface area contributed by atoms with Crippen LogP contribution in [0.15, 0.2) is 24.3 Å². The van der Waals surface area contributed by atoms with Crippen molar-refractivity contribution in [2.45, 2.75) is 25.8 Å².